The van der Waals surface area contributed by atoms with Gasteiger partial charge in [-0.15, -0.1) is 23.1 Å². The van der Waals surface area contributed by atoms with Crippen LogP contribution >= 0.6 is 23.1 Å². The van der Waals surface area contributed by atoms with Gasteiger partial charge in [-0.3, -0.25) is 14.0 Å². The summed E-state index contributed by atoms with van der Waals surface area (Å²) in [6.07, 6.45) is 5.25. The fourth-order valence-electron chi connectivity index (χ4n) is 1.86. The summed E-state index contributed by atoms with van der Waals surface area (Å²) in [5.41, 5.74) is 0.435. The molecule has 0 saturated carbocycles. The lowest BCUT2D eigenvalue weighted by Crippen LogP contribution is -2.20. The van der Waals surface area contributed by atoms with E-state index in [1.54, 1.807) is 34.3 Å². The van der Waals surface area contributed by atoms with Gasteiger partial charge in [0, 0.05) is 23.8 Å². The van der Waals surface area contributed by atoms with Crippen LogP contribution in [-0.2, 0) is 0 Å². The Labute approximate surface area is 127 Å². The third kappa shape index (κ3) is 2.67. The lowest BCUT2D eigenvalue weighted by molar-refractivity contribution is 0.102. The molecule has 6 nitrogen and oxygen atoms in total. The summed E-state index contributed by atoms with van der Waals surface area (Å²) in [6, 6.07) is 4.74. The monoisotopic (exact) mass is 318 g/mol. The van der Waals surface area contributed by atoms with Crippen LogP contribution in [0, 0.1) is 0 Å². The van der Waals surface area contributed by atoms with Crippen LogP contribution in [0.2, 0.25) is 0 Å². The smallest absolute Gasteiger partial charge is 0.274 e. The second kappa shape index (κ2) is 5.66. The van der Waals surface area contributed by atoms with Crippen molar-refractivity contribution in [3.8, 4) is 0 Å². The highest BCUT2D eigenvalue weighted by Crippen LogP contribution is 2.22. The first-order valence-electron chi connectivity index (χ1n) is 5.96. The molecule has 1 N–H and O–H groups in total. The second-order valence-electron chi connectivity index (χ2n) is 4.05. The molecule has 3 aromatic heterocycles. The Morgan fingerprint density at radius 1 is 1.48 bits per heavy atom. The first-order valence-corrected chi connectivity index (χ1v) is 8.07. The van der Waals surface area contributed by atoms with Crippen molar-refractivity contribution in [1.29, 1.82) is 0 Å². The van der Waals surface area contributed by atoms with Crippen molar-refractivity contribution in [2.75, 3.05) is 11.6 Å². The number of thioether (sulfide) groups is 1. The molecule has 0 aliphatic heterocycles. The molecule has 3 rings (SSSR count). The van der Waals surface area contributed by atoms with Gasteiger partial charge in [0.1, 0.15) is 10.7 Å². The largest absolute Gasteiger partial charge is 0.318 e. The third-order valence-electron chi connectivity index (χ3n) is 2.76. The molecule has 8 heteroatoms. The maximum absolute atomic E-state index is 12.4. The minimum absolute atomic E-state index is 0.252. The third-order valence-corrected chi connectivity index (χ3v) is 4.23. The van der Waals surface area contributed by atoms with Crippen LogP contribution in [0.25, 0.3) is 4.96 Å². The summed E-state index contributed by atoms with van der Waals surface area (Å²) in [5.74, 6) is -0.369. The van der Waals surface area contributed by atoms with E-state index in [1.165, 1.54) is 29.2 Å². The van der Waals surface area contributed by atoms with Crippen molar-refractivity contribution in [3.63, 3.8) is 0 Å². The zero-order chi connectivity index (χ0) is 14.8. The number of fused-ring (bicyclic) bond motifs is 1. The van der Waals surface area contributed by atoms with E-state index in [0.717, 1.165) is 0 Å². The lowest BCUT2D eigenvalue weighted by atomic mass is 10.3. The number of hydrogen-bond donors (Lipinski definition) is 1. The number of nitrogens with zero attached hydrogens (tertiary/aromatic N) is 3. The minimum atomic E-state index is -0.432. The van der Waals surface area contributed by atoms with Crippen molar-refractivity contribution >= 4 is 39.7 Å². The number of nitrogens with one attached hydrogen (secondary N) is 1. The van der Waals surface area contributed by atoms with E-state index >= 15 is 0 Å². The van der Waals surface area contributed by atoms with Gasteiger partial charge in [-0.2, -0.15) is 4.98 Å². The van der Waals surface area contributed by atoms with E-state index in [-0.39, 0.29) is 11.6 Å². The minimum Gasteiger partial charge on any atom is -0.318 e. The molecule has 3 aromatic rings. The Kier molecular flexibility index (Phi) is 3.72. The van der Waals surface area contributed by atoms with Crippen molar-refractivity contribution in [1.82, 2.24) is 14.4 Å². The van der Waals surface area contributed by atoms with Crippen LogP contribution in [-0.4, -0.2) is 26.5 Å². The number of pyridine rings is 1. The molecule has 0 fully saturated rings. The van der Waals surface area contributed by atoms with Crippen LogP contribution in [0.1, 0.15) is 10.5 Å². The Morgan fingerprint density at radius 3 is 3.14 bits per heavy atom. The number of hydrogen-bond acceptors (Lipinski definition) is 6. The first kappa shape index (κ1) is 13.8. The van der Waals surface area contributed by atoms with E-state index in [4.69, 9.17) is 0 Å². The van der Waals surface area contributed by atoms with Gasteiger partial charge < -0.3 is 5.32 Å². The van der Waals surface area contributed by atoms with Crippen molar-refractivity contribution < 1.29 is 4.79 Å². The molecule has 0 aromatic carbocycles. The van der Waals surface area contributed by atoms with Crippen molar-refractivity contribution in [2.45, 2.75) is 5.03 Å². The molecule has 3 heterocycles. The molecule has 0 radical (unpaired) electrons. The summed E-state index contributed by atoms with van der Waals surface area (Å²) in [7, 11) is 0. The zero-order valence-corrected chi connectivity index (χ0v) is 12.6. The summed E-state index contributed by atoms with van der Waals surface area (Å²) < 4.78 is 1.59. The van der Waals surface area contributed by atoms with Gasteiger partial charge in [-0.25, -0.2) is 4.98 Å². The fourth-order valence-corrected chi connectivity index (χ4v) is 3.08. The van der Waals surface area contributed by atoms with Crippen LogP contribution in [0.5, 0.6) is 0 Å². The number of anilines is 1. The van der Waals surface area contributed by atoms with Gasteiger partial charge in [0.15, 0.2) is 4.96 Å². The molecule has 0 unspecified atom stereocenters. The van der Waals surface area contributed by atoms with E-state index < -0.39 is 5.56 Å². The number of carbonyl (C=O) groups is 1. The molecule has 1 amide bonds. The number of amides is 1. The van der Waals surface area contributed by atoms with Gasteiger partial charge in [-0.1, -0.05) is 0 Å². The summed E-state index contributed by atoms with van der Waals surface area (Å²) >= 11 is 2.74. The molecule has 106 valence electrons. The molecule has 0 spiro atoms. The van der Waals surface area contributed by atoms with E-state index in [2.05, 4.69) is 15.3 Å². The van der Waals surface area contributed by atoms with Gasteiger partial charge in [-0.05, 0) is 18.4 Å². The molecule has 0 aliphatic rings. The summed E-state index contributed by atoms with van der Waals surface area (Å²) in [5, 5.41) is 5.27. The highest BCUT2D eigenvalue weighted by Gasteiger charge is 2.14. The zero-order valence-electron chi connectivity index (χ0n) is 10.9. The molecule has 0 aliphatic carbocycles. The maximum atomic E-state index is 12.4. The number of aromatic nitrogens is 3. The van der Waals surface area contributed by atoms with E-state index in [0.29, 0.717) is 15.7 Å². The second-order valence-corrected chi connectivity index (χ2v) is 5.72. The van der Waals surface area contributed by atoms with Gasteiger partial charge in [0.05, 0.1) is 5.69 Å². The first-order chi connectivity index (χ1) is 10.2. The SMILES string of the molecule is CSc1ncccc1NC(=O)c1cc(=O)nc2sccn12. The lowest BCUT2D eigenvalue weighted by Gasteiger charge is -2.09. The van der Waals surface area contributed by atoms with Gasteiger partial charge in [0.2, 0.25) is 0 Å². The van der Waals surface area contributed by atoms with Crippen molar-refractivity contribution in [2.24, 2.45) is 0 Å². The van der Waals surface area contributed by atoms with Gasteiger partial charge >= 0.3 is 0 Å². The molecular weight excluding hydrogens is 308 g/mol. The Balaban J connectivity index is 2.01. The average Bonchev–Trinajstić information content (AvgIpc) is 2.94. The Hall–Kier alpha value is -2.19. The summed E-state index contributed by atoms with van der Waals surface area (Å²) in [4.78, 5) is 32.5. The molecule has 0 atom stereocenters. The van der Waals surface area contributed by atoms with E-state index in [1.807, 2.05) is 6.26 Å². The normalized spacial score (nSPS) is 10.7. The quantitative estimate of drug-likeness (QED) is 0.749. The highest BCUT2D eigenvalue weighted by molar-refractivity contribution is 7.98. The Bertz CT molecular complexity index is 872. The van der Waals surface area contributed by atoms with Crippen LogP contribution in [0.15, 0.2) is 45.8 Å². The van der Waals surface area contributed by atoms with Crippen LogP contribution in [0.3, 0.4) is 0 Å². The fraction of sp³-hybridized carbons (Fsp3) is 0.0769. The predicted octanol–water partition coefficient (Wildman–Crippen LogP) is 2.13. The predicted molar refractivity (Wildman–Crippen MR) is 83.3 cm³/mol. The highest BCUT2D eigenvalue weighted by atomic mass is 32.2. The van der Waals surface area contributed by atoms with Crippen LogP contribution < -0.4 is 10.9 Å². The number of carbonyl (C=O) groups excluding carboxylic acids is 1. The average molecular weight is 318 g/mol. The Morgan fingerprint density at radius 2 is 2.33 bits per heavy atom. The van der Waals surface area contributed by atoms with Crippen LogP contribution in [0.4, 0.5) is 5.69 Å². The summed E-state index contributed by atoms with van der Waals surface area (Å²) in [6.45, 7) is 0. The number of rotatable bonds is 3. The topological polar surface area (TPSA) is 76.4 Å². The molecule has 0 saturated heterocycles. The molecule has 0 bridgehead atoms. The van der Waals surface area contributed by atoms with Gasteiger partial charge in [0.25, 0.3) is 11.5 Å². The maximum Gasteiger partial charge on any atom is 0.274 e. The van der Waals surface area contributed by atoms with E-state index in [9.17, 15) is 9.59 Å². The number of thiazole rings is 1. The molecule has 21 heavy (non-hydrogen) atoms. The standard InChI is InChI=1S/C13H10N4O2S2/c1-20-12-8(3-2-4-14-12)15-11(19)9-7-10(18)16-13-17(9)5-6-21-13/h2-7H,1H3,(H,15,19). The van der Waals surface area contributed by atoms with Crippen molar-refractivity contribution in [3.05, 3.63) is 52.0 Å². The molecular formula is C13H10N4O2S2.